The molecule has 7 heteroatoms. The Balaban J connectivity index is 1.51. The fourth-order valence-electron chi connectivity index (χ4n) is 3.66. The smallest absolute Gasteiger partial charge is 0.326 e. The highest BCUT2D eigenvalue weighted by Gasteiger charge is 2.22. The van der Waals surface area contributed by atoms with Crippen LogP contribution in [-0.2, 0) is 24.4 Å². The predicted molar refractivity (Wildman–Crippen MR) is 142 cm³/mol. The van der Waals surface area contributed by atoms with E-state index in [-0.39, 0.29) is 6.42 Å². The molecule has 4 rings (SSSR count). The van der Waals surface area contributed by atoms with Crippen molar-refractivity contribution < 1.29 is 24.2 Å². The zero-order chi connectivity index (χ0) is 26.0. The van der Waals surface area contributed by atoms with Gasteiger partial charge in [0.15, 0.2) is 11.5 Å². The average molecular weight is 516 g/mol. The second-order valence-electron chi connectivity index (χ2n) is 8.40. The van der Waals surface area contributed by atoms with Gasteiger partial charge in [0.1, 0.15) is 19.3 Å². The number of benzene rings is 4. The van der Waals surface area contributed by atoms with Crippen LogP contribution in [0.2, 0.25) is 5.02 Å². The van der Waals surface area contributed by atoms with E-state index in [9.17, 15) is 14.7 Å². The molecule has 4 aromatic rings. The lowest BCUT2D eigenvalue weighted by molar-refractivity contribution is -0.139. The number of halogens is 1. The summed E-state index contributed by atoms with van der Waals surface area (Å²) in [7, 11) is 0. The van der Waals surface area contributed by atoms with Gasteiger partial charge >= 0.3 is 5.97 Å². The number of carboxylic acids is 1. The largest absolute Gasteiger partial charge is 0.485 e. The van der Waals surface area contributed by atoms with Gasteiger partial charge in [0.05, 0.1) is 0 Å². The van der Waals surface area contributed by atoms with Crippen molar-refractivity contribution in [3.8, 4) is 11.5 Å². The predicted octanol–water partition coefficient (Wildman–Crippen LogP) is 5.92. The minimum absolute atomic E-state index is 0.0648. The van der Waals surface area contributed by atoms with Gasteiger partial charge in [0.25, 0.3) is 5.91 Å². The zero-order valence-electron chi connectivity index (χ0n) is 20.0. The summed E-state index contributed by atoms with van der Waals surface area (Å²) in [6.45, 7) is 0.679. The molecular formula is C30H26ClNO5. The second-order valence-corrected chi connectivity index (χ2v) is 8.84. The van der Waals surface area contributed by atoms with Crippen molar-refractivity contribution in [2.75, 3.05) is 0 Å². The van der Waals surface area contributed by atoms with Crippen molar-refractivity contribution in [3.05, 3.63) is 130 Å². The summed E-state index contributed by atoms with van der Waals surface area (Å²) in [5.41, 5.74) is 3.00. The standard InChI is InChI=1S/C30H26ClNO5/c31-25-14-12-24(13-15-25)29(33)32-26(30(34)35)17-23-11-16-27(36-19-21-7-3-1-4-8-21)28(18-23)37-20-22-9-5-2-6-10-22/h1-16,18,26H,17,19-20H2,(H,32,33)(H,34,35)/t26-/m1/s1. The van der Waals surface area contributed by atoms with E-state index in [1.165, 1.54) is 0 Å². The number of carboxylic acid groups (broad SMARTS) is 1. The molecule has 37 heavy (non-hydrogen) atoms. The van der Waals surface area contributed by atoms with Gasteiger partial charge in [-0.3, -0.25) is 4.79 Å². The van der Waals surface area contributed by atoms with Crippen LogP contribution in [0, 0.1) is 0 Å². The number of hydrogen-bond donors (Lipinski definition) is 2. The molecule has 0 aliphatic rings. The lowest BCUT2D eigenvalue weighted by atomic mass is 10.0. The van der Waals surface area contributed by atoms with Gasteiger partial charge in [0.2, 0.25) is 0 Å². The summed E-state index contributed by atoms with van der Waals surface area (Å²) in [6, 6.07) is 29.9. The first kappa shape index (κ1) is 25.8. The number of rotatable bonds is 11. The van der Waals surface area contributed by atoms with Gasteiger partial charge in [-0.25, -0.2) is 4.79 Å². The van der Waals surface area contributed by atoms with Crippen LogP contribution in [-0.4, -0.2) is 23.0 Å². The van der Waals surface area contributed by atoms with Crippen molar-refractivity contribution in [1.82, 2.24) is 5.32 Å². The Kier molecular flexibility index (Phi) is 8.79. The van der Waals surface area contributed by atoms with E-state index < -0.39 is 17.9 Å². The average Bonchev–Trinajstić information content (AvgIpc) is 2.92. The van der Waals surface area contributed by atoms with Crippen LogP contribution in [0.1, 0.15) is 27.0 Å². The van der Waals surface area contributed by atoms with E-state index in [0.29, 0.717) is 40.9 Å². The maximum atomic E-state index is 12.6. The monoisotopic (exact) mass is 515 g/mol. The highest BCUT2D eigenvalue weighted by molar-refractivity contribution is 6.30. The SMILES string of the molecule is O=C(N[C@H](Cc1ccc(OCc2ccccc2)c(OCc2ccccc2)c1)C(=O)O)c1ccc(Cl)cc1. The molecule has 0 unspecified atom stereocenters. The third-order valence-corrected chi connectivity index (χ3v) is 5.88. The molecule has 0 saturated carbocycles. The molecule has 0 heterocycles. The first-order valence-corrected chi connectivity index (χ1v) is 12.1. The van der Waals surface area contributed by atoms with Gasteiger partial charge in [0, 0.05) is 17.0 Å². The fourth-order valence-corrected chi connectivity index (χ4v) is 3.79. The molecule has 0 aromatic heterocycles. The number of amides is 1. The van der Waals surface area contributed by atoms with E-state index in [1.54, 1.807) is 42.5 Å². The van der Waals surface area contributed by atoms with Crippen LogP contribution in [0.4, 0.5) is 0 Å². The molecule has 4 aromatic carbocycles. The van der Waals surface area contributed by atoms with E-state index in [2.05, 4.69) is 5.32 Å². The topological polar surface area (TPSA) is 84.9 Å². The molecule has 0 radical (unpaired) electrons. The fraction of sp³-hybridized carbons (Fsp3) is 0.133. The van der Waals surface area contributed by atoms with Crippen molar-refractivity contribution in [2.24, 2.45) is 0 Å². The Morgan fingerprint density at radius 3 is 1.86 bits per heavy atom. The Bertz CT molecular complexity index is 1330. The second kappa shape index (κ2) is 12.6. The molecule has 188 valence electrons. The minimum atomic E-state index is -1.14. The van der Waals surface area contributed by atoms with E-state index in [4.69, 9.17) is 21.1 Å². The Labute approximate surface area is 220 Å². The van der Waals surface area contributed by atoms with Crippen LogP contribution in [0.5, 0.6) is 11.5 Å². The van der Waals surface area contributed by atoms with Gasteiger partial charge in [-0.15, -0.1) is 0 Å². The summed E-state index contributed by atoms with van der Waals surface area (Å²) in [5, 5.41) is 12.8. The first-order valence-electron chi connectivity index (χ1n) is 11.7. The molecule has 0 aliphatic carbocycles. The van der Waals surface area contributed by atoms with Crippen LogP contribution in [0.3, 0.4) is 0 Å². The van der Waals surface area contributed by atoms with Crippen LogP contribution < -0.4 is 14.8 Å². The van der Waals surface area contributed by atoms with Crippen molar-refractivity contribution in [1.29, 1.82) is 0 Å². The molecule has 0 bridgehead atoms. The molecular weight excluding hydrogens is 490 g/mol. The summed E-state index contributed by atoms with van der Waals surface area (Å²) < 4.78 is 12.1. The maximum Gasteiger partial charge on any atom is 0.326 e. The highest BCUT2D eigenvalue weighted by atomic mass is 35.5. The number of carbonyl (C=O) groups excluding carboxylic acids is 1. The van der Waals surface area contributed by atoms with Crippen LogP contribution >= 0.6 is 11.6 Å². The van der Waals surface area contributed by atoms with E-state index >= 15 is 0 Å². The summed E-state index contributed by atoms with van der Waals surface area (Å²) in [4.78, 5) is 24.6. The molecule has 1 atom stereocenters. The molecule has 6 nitrogen and oxygen atoms in total. The molecule has 0 fully saturated rings. The van der Waals surface area contributed by atoms with Gasteiger partial charge in [-0.05, 0) is 53.1 Å². The lowest BCUT2D eigenvalue weighted by Crippen LogP contribution is -2.42. The van der Waals surface area contributed by atoms with Gasteiger partial charge in [-0.2, -0.15) is 0 Å². The number of ether oxygens (including phenoxy) is 2. The van der Waals surface area contributed by atoms with Crippen molar-refractivity contribution in [3.63, 3.8) is 0 Å². The Hall–Kier alpha value is -4.29. The summed E-state index contributed by atoms with van der Waals surface area (Å²) >= 11 is 5.88. The molecule has 1 amide bonds. The minimum Gasteiger partial charge on any atom is -0.485 e. The third kappa shape index (κ3) is 7.59. The molecule has 0 spiro atoms. The maximum absolute atomic E-state index is 12.6. The first-order chi connectivity index (χ1) is 18.0. The summed E-state index contributed by atoms with van der Waals surface area (Å²) in [5.74, 6) is -0.600. The zero-order valence-corrected chi connectivity index (χ0v) is 20.7. The molecule has 0 saturated heterocycles. The number of hydrogen-bond acceptors (Lipinski definition) is 4. The normalized spacial score (nSPS) is 11.4. The number of carbonyl (C=O) groups is 2. The Morgan fingerprint density at radius 1 is 0.730 bits per heavy atom. The van der Waals surface area contributed by atoms with E-state index in [1.807, 2.05) is 60.7 Å². The highest BCUT2D eigenvalue weighted by Crippen LogP contribution is 2.30. The quantitative estimate of drug-likeness (QED) is 0.259. The number of nitrogens with one attached hydrogen (secondary N) is 1. The van der Waals surface area contributed by atoms with Gasteiger partial charge in [-0.1, -0.05) is 78.3 Å². The number of aliphatic carboxylic acids is 1. The lowest BCUT2D eigenvalue weighted by Gasteiger charge is -2.17. The van der Waals surface area contributed by atoms with Gasteiger partial charge < -0.3 is 19.9 Å². The van der Waals surface area contributed by atoms with Crippen molar-refractivity contribution >= 4 is 23.5 Å². The third-order valence-electron chi connectivity index (χ3n) is 5.63. The summed E-state index contributed by atoms with van der Waals surface area (Å²) in [6.07, 6.45) is 0.0648. The molecule has 2 N–H and O–H groups in total. The molecule has 0 aliphatic heterocycles. The van der Waals surface area contributed by atoms with Crippen molar-refractivity contribution in [2.45, 2.75) is 25.7 Å². The van der Waals surface area contributed by atoms with E-state index in [0.717, 1.165) is 11.1 Å². The van der Waals surface area contributed by atoms with Crippen LogP contribution in [0.25, 0.3) is 0 Å². The Morgan fingerprint density at radius 2 is 1.30 bits per heavy atom. The van der Waals surface area contributed by atoms with Crippen LogP contribution in [0.15, 0.2) is 103 Å².